The molecule has 7 rings (SSSR count). The molecule has 0 bridgehead atoms. The Morgan fingerprint density at radius 1 is 1.11 bits per heavy atom. The Kier molecular flexibility index (Phi) is 4.75. The second-order valence-corrected chi connectivity index (χ2v) is 9.43. The lowest BCUT2D eigenvalue weighted by Crippen LogP contribution is -2.15. The van der Waals surface area contributed by atoms with Crippen molar-refractivity contribution in [2.75, 3.05) is 5.32 Å². The number of aromatic amines is 1. The number of hydrogen-bond acceptors (Lipinski definition) is 5. The van der Waals surface area contributed by atoms with Crippen LogP contribution in [-0.2, 0) is 4.79 Å². The van der Waals surface area contributed by atoms with Crippen LogP contribution in [0.3, 0.4) is 0 Å². The molecule has 4 aromatic heterocycles. The Hall–Kier alpha value is -4.72. The van der Waals surface area contributed by atoms with E-state index >= 15 is 0 Å². The van der Waals surface area contributed by atoms with Crippen LogP contribution in [0.1, 0.15) is 34.8 Å². The van der Waals surface area contributed by atoms with Gasteiger partial charge in [0, 0.05) is 40.0 Å². The predicted molar refractivity (Wildman–Crippen MR) is 139 cm³/mol. The molecule has 2 N–H and O–H groups in total. The van der Waals surface area contributed by atoms with Crippen molar-refractivity contribution in [1.82, 2.24) is 29.5 Å². The van der Waals surface area contributed by atoms with Crippen LogP contribution in [0.2, 0.25) is 5.02 Å². The van der Waals surface area contributed by atoms with Crippen LogP contribution >= 0.6 is 11.6 Å². The van der Waals surface area contributed by atoms with Crippen LogP contribution in [0, 0.1) is 0 Å². The van der Waals surface area contributed by atoms with Crippen LogP contribution in [0.15, 0.2) is 67.3 Å². The Morgan fingerprint density at radius 3 is 2.73 bits per heavy atom. The number of hydrogen-bond donors (Lipinski definition) is 2. The van der Waals surface area contributed by atoms with Gasteiger partial charge in [0.1, 0.15) is 5.35 Å². The summed E-state index contributed by atoms with van der Waals surface area (Å²) in [6.45, 7) is 0. The fourth-order valence-corrected chi connectivity index (χ4v) is 5.16. The lowest BCUT2D eigenvalue weighted by molar-refractivity contribution is 0.102. The number of anilines is 1. The molecular formula is C27H18ClN7O2. The molecule has 9 nitrogen and oxygen atoms in total. The minimum Gasteiger partial charge on any atom is -0.345 e. The highest BCUT2D eigenvalue weighted by atomic mass is 35.5. The van der Waals surface area contributed by atoms with Crippen molar-refractivity contribution < 1.29 is 9.59 Å². The van der Waals surface area contributed by atoms with Crippen molar-refractivity contribution in [2.24, 2.45) is 0 Å². The number of benzene rings is 2. The van der Waals surface area contributed by atoms with Gasteiger partial charge in [-0.05, 0) is 37.1 Å². The molecule has 1 fully saturated rings. The summed E-state index contributed by atoms with van der Waals surface area (Å²) in [4.78, 5) is 32.3. The van der Waals surface area contributed by atoms with E-state index in [9.17, 15) is 9.59 Å². The third kappa shape index (κ3) is 3.44. The van der Waals surface area contributed by atoms with Gasteiger partial charge in [0.05, 0.1) is 40.0 Å². The minimum atomic E-state index is -0.281. The Bertz CT molecular complexity index is 1910. The predicted octanol–water partition coefficient (Wildman–Crippen LogP) is 4.09. The maximum absolute atomic E-state index is 13.4. The fraction of sp³-hybridized carbons (Fsp3) is 0.111. The molecule has 6 aromatic rings. The normalized spacial score (nSPS) is 13.3. The smallest absolute Gasteiger partial charge is 0.259 e. The molecule has 0 aliphatic heterocycles. The van der Waals surface area contributed by atoms with Gasteiger partial charge in [-0.15, -0.1) is 0 Å². The first-order valence-electron chi connectivity index (χ1n) is 11.8. The Morgan fingerprint density at radius 2 is 1.97 bits per heavy atom. The van der Waals surface area contributed by atoms with Gasteiger partial charge in [-0.25, -0.2) is 19.1 Å². The van der Waals surface area contributed by atoms with E-state index in [4.69, 9.17) is 11.6 Å². The molecule has 0 spiro atoms. The van der Waals surface area contributed by atoms with E-state index in [1.54, 1.807) is 41.6 Å². The summed E-state index contributed by atoms with van der Waals surface area (Å²) < 4.78 is 3.41. The number of nitrogens with zero attached hydrogens (tertiary/aromatic N) is 5. The molecule has 0 unspecified atom stereocenters. The summed E-state index contributed by atoms with van der Waals surface area (Å²) in [6, 6.07) is 13.1. The summed E-state index contributed by atoms with van der Waals surface area (Å²) in [6.07, 6.45) is 8.51. The number of rotatable bonds is 5. The van der Waals surface area contributed by atoms with Crippen molar-refractivity contribution in [3.05, 3.63) is 88.9 Å². The van der Waals surface area contributed by atoms with Gasteiger partial charge in [0.2, 0.25) is 0 Å². The summed E-state index contributed by atoms with van der Waals surface area (Å²) in [7, 11) is 0. The van der Waals surface area contributed by atoms with Gasteiger partial charge in [-0.2, -0.15) is 10.2 Å². The zero-order valence-corrected chi connectivity index (χ0v) is 20.0. The third-order valence-electron chi connectivity index (χ3n) is 6.69. The number of H-pyrrole nitrogens is 1. The largest absolute Gasteiger partial charge is 0.345 e. The first-order chi connectivity index (χ1) is 18.1. The second-order valence-electron chi connectivity index (χ2n) is 9.03. The van der Waals surface area contributed by atoms with E-state index < -0.39 is 0 Å². The van der Waals surface area contributed by atoms with Crippen molar-refractivity contribution in [2.45, 2.75) is 18.8 Å². The number of pyridine rings is 1. The van der Waals surface area contributed by atoms with E-state index in [0.29, 0.717) is 27.4 Å². The topological polar surface area (TPSA) is 110 Å². The van der Waals surface area contributed by atoms with E-state index in [2.05, 4.69) is 25.5 Å². The maximum Gasteiger partial charge on any atom is 0.259 e. The molecule has 0 atom stereocenters. The first kappa shape index (κ1) is 21.6. The number of amides is 1. The molecule has 2 aromatic carbocycles. The molecule has 10 heteroatoms. The summed E-state index contributed by atoms with van der Waals surface area (Å²) in [5.74, 6) is 2.42. The van der Waals surface area contributed by atoms with E-state index in [0.717, 1.165) is 45.9 Å². The molecule has 1 saturated carbocycles. The van der Waals surface area contributed by atoms with Gasteiger partial charge in [-0.3, -0.25) is 4.79 Å². The molecule has 0 radical (unpaired) electrons. The number of nitrogens with one attached hydrogen (secondary N) is 2. The zero-order chi connectivity index (χ0) is 25.1. The number of aromatic nitrogens is 6. The lowest BCUT2D eigenvalue weighted by atomic mass is 10.0. The van der Waals surface area contributed by atoms with Crippen molar-refractivity contribution in [1.29, 1.82) is 0 Å². The quantitative estimate of drug-likeness (QED) is 0.365. The first-order valence-corrected chi connectivity index (χ1v) is 12.1. The van der Waals surface area contributed by atoms with Crippen LogP contribution < -0.4 is 10.7 Å². The standard InChI is InChI=1S/C27H18ClN7O2/c28-20-11-16(12-29-26(20)34-10-2-9-30-34)32-27(37)19-13-31-35(25(19)15-5-6-15)23-8-7-21-24-17(22(14-36)33-21)3-1-4-18(23)24/h1-4,7-13,15,33H,5-6H2,(H,32,37). The summed E-state index contributed by atoms with van der Waals surface area (Å²) in [5, 5.41) is 15.2. The van der Waals surface area contributed by atoms with Gasteiger partial charge < -0.3 is 10.3 Å². The van der Waals surface area contributed by atoms with Crippen LogP contribution in [0.25, 0.3) is 33.2 Å². The molecule has 1 amide bonds. The van der Waals surface area contributed by atoms with Crippen molar-refractivity contribution in [3.63, 3.8) is 0 Å². The molecular weight excluding hydrogens is 490 g/mol. The molecule has 4 heterocycles. The van der Waals surface area contributed by atoms with Crippen LogP contribution in [-0.4, -0.2) is 41.4 Å². The molecule has 180 valence electrons. The monoisotopic (exact) mass is 507 g/mol. The summed E-state index contributed by atoms with van der Waals surface area (Å²) in [5.41, 5.74) is 3.55. The van der Waals surface area contributed by atoms with E-state index in [-0.39, 0.29) is 11.8 Å². The van der Waals surface area contributed by atoms with E-state index in [1.165, 1.54) is 0 Å². The van der Waals surface area contributed by atoms with Gasteiger partial charge in [0.25, 0.3) is 5.91 Å². The maximum atomic E-state index is 13.4. The minimum absolute atomic E-state index is 0.235. The average molecular weight is 508 g/mol. The Balaban J connectivity index is 1.28. The second kappa shape index (κ2) is 8.16. The molecule has 37 heavy (non-hydrogen) atoms. The Labute approximate surface area is 214 Å². The average Bonchev–Trinajstić information content (AvgIpc) is 3.29. The highest BCUT2D eigenvalue weighted by Gasteiger charge is 2.33. The van der Waals surface area contributed by atoms with Crippen LogP contribution in [0.4, 0.5) is 5.69 Å². The lowest BCUT2D eigenvalue weighted by Gasteiger charge is -2.12. The van der Waals surface area contributed by atoms with Gasteiger partial charge >= 0.3 is 0 Å². The van der Waals surface area contributed by atoms with Gasteiger partial charge in [-0.1, -0.05) is 29.8 Å². The zero-order valence-electron chi connectivity index (χ0n) is 19.3. The van der Waals surface area contributed by atoms with Crippen molar-refractivity contribution in [3.8, 4) is 11.5 Å². The summed E-state index contributed by atoms with van der Waals surface area (Å²) >= 11 is 6.41. The van der Waals surface area contributed by atoms with Crippen LogP contribution in [0.5, 0.6) is 0 Å². The number of carbonyl (C=O) groups excluding carboxylic acids is 2. The SMILES string of the molecule is O=C=c1[nH]c2ccc(-n3ncc(C(=O)Nc4cnc(-n5cccn5)c(Cl)c4)c3C3CC3)c3cccc1c23. The highest BCUT2D eigenvalue weighted by Crippen LogP contribution is 2.43. The number of carbonyl (C=O) groups is 1. The van der Waals surface area contributed by atoms with Crippen molar-refractivity contribution >= 4 is 50.8 Å². The third-order valence-corrected chi connectivity index (χ3v) is 6.97. The van der Waals surface area contributed by atoms with E-state index in [1.807, 2.05) is 41.0 Å². The highest BCUT2D eigenvalue weighted by molar-refractivity contribution is 6.32. The van der Waals surface area contributed by atoms with Gasteiger partial charge in [0.15, 0.2) is 11.8 Å². The molecule has 0 saturated heterocycles. The molecule has 1 aliphatic carbocycles. The molecule has 1 aliphatic rings. The fourth-order valence-electron chi connectivity index (χ4n) is 4.91. The number of halogens is 1.